The van der Waals surface area contributed by atoms with Crippen LogP contribution in [-0.2, 0) is 4.79 Å². The van der Waals surface area contributed by atoms with Gasteiger partial charge in [0, 0.05) is 6.04 Å². The van der Waals surface area contributed by atoms with E-state index >= 15 is 0 Å². The number of hydrogen-bond donors (Lipinski definition) is 1. The van der Waals surface area contributed by atoms with Gasteiger partial charge in [-0.05, 0) is 24.7 Å². The highest BCUT2D eigenvalue weighted by atomic mass is 16.1. The maximum Gasteiger partial charge on any atom is 0.207 e. The molecule has 3 atom stereocenters. The van der Waals surface area contributed by atoms with Crippen molar-refractivity contribution in [1.29, 1.82) is 0 Å². The highest BCUT2D eigenvalue weighted by Crippen LogP contribution is 2.34. The van der Waals surface area contributed by atoms with Crippen LogP contribution in [0.15, 0.2) is 12.7 Å². The first kappa shape index (κ1) is 10.3. The topological polar surface area (TPSA) is 29.1 Å². The molecule has 0 spiro atoms. The molecule has 0 aromatic heterocycles. The van der Waals surface area contributed by atoms with Crippen LogP contribution in [-0.4, -0.2) is 12.5 Å². The lowest BCUT2D eigenvalue weighted by Crippen LogP contribution is -2.32. The second kappa shape index (κ2) is 5.05. The monoisotopic (exact) mass is 181 g/mol. The predicted octanol–water partition coefficient (Wildman–Crippen LogP) is 2.11. The lowest BCUT2D eigenvalue weighted by Gasteiger charge is -2.19. The Hall–Kier alpha value is -0.790. The Balaban J connectivity index is 2.42. The highest BCUT2D eigenvalue weighted by molar-refractivity contribution is 5.47. The molecule has 0 radical (unpaired) electrons. The van der Waals surface area contributed by atoms with Crippen molar-refractivity contribution in [2.45, 2.75) is 38.6 Å². The van der Waals surface area contributed by atoms with Crippen LogP contribution in [0.1, 0.15) is 32.6 Å². The van der Waals surface area contributed by atoms with Crippen molar-refractivity contribution in [2.24, 2.45) is 11.8 Å². The van der Waals surface area contributed by atoms with Crippen molar-refractivity contribution in [3.05, 3.63) is 12.7 Å². The average molecular weight is 181 g/mol. The van der Waals surface area contributed by atoms with Gasteiger partial charge in [-0.1, -0.05) is 25.8 Å². The predicted molar refractivity (Wildman–Crippen MR) is 54.3 cm³/mol. The SMILES string of the molecule is C=CC(NC=O)C1CCC(CC)C1. The first-order valence-electron chi connectivity index (χ1n) is 5.14. The second-order valence-electron chi connectivity index (χ2n) is 3.89. The maximum atomic E-state index is 10.3. The minimum atomic E-state index is 0.189. The van der Waals surface area contributed by atoms with E-state index in [1.807, 2.05) is 6.08 Å². The molecule has 1 amide bonds. The van der Waals surface area contributed by atoms with Gasteiger partial charge in [0.15, 0.2) is 0 Å². The summed E-state index contributed by atoms with van der Waals surface area (Å²) in [6.45, 7) is 5.99. The van der Waals surface area contributed by atoms with Gasteiger partial charge in [-0.15, -0.1) is 6.58 Å². The Morgan fingerprint density at radius 3 is 2.85 bits per heavy atom. The van der Waals surface area contributed by atoms with Crippen LogP contribution in [0.4, 0.5) is 0 Å². The minimum Gasteiger partial charge on any atom is -0.352 e. The third kappa shape index (κ3) is 2.58. The Labute approximate surface area is 80.4 Å². The molecule has 2 nitrogen and oxygen atoms in total. The van der Waals surface area contributed by atoms with Crippen molar-refractivity contribution >= 4 is 6.41 Å². The van der Waals surface area contributed by atoms with Crippen LogP contribution in [0.5, 0.6) is 0 Å². The summed E-state index contributed by atoms with van der Waals surface area (Å²) < 4.78 is 0. The largest absolute Gasteiger partial charge is 0.352 e. The zero-order valence-corrected chi connectivity index (χ0v) is 8.33. The van der Waals surface area contributed by atoms with E-state index in [9.17, 15) is 4.79 Å². The summed E-state index contributed by atoms with van der Waals surface area (Å²) in [5.41, 5.74) is 0. The summed E-state index contributed by atoms with van der Waals surface area (Å²) in [5.74, 6) is 1.48. The molecule has 1 aliphatic rings. The number of amides is 1. The van der Waals surface area contributed by atoms with Gasteiger partial charge in [0.2, 0.25) is 6.41 Å². The van der Waals surface area contributed by atoms with Crippen LogP contribution < -0.4 is 5.32 Å². The second-order valence-corrected chi connectivity index (χ2v) is 3.89. The molecule has 0 aromatic rings. The van der Waals surface area contributed by atoms with E-state index in [0.29, 0.717) is 5.92 Å². The molecule has 1 fully saturated rings. The van der Waals surface area contributed by atoms with Gasteiger partial charge in [-0.3, -0.25) is 4.79 Å². The van der Waals surface area contributed by atoms with Crippen molar-refractivity contribution in [2.75, 3.05) is 0 Å². The van der Waals surface area contributed by atoms with Gasteiger partial charge in [0.1, 0.15) is 0 Å². The lowest BCUT2D eigenvalue weighted by molar-refractivity contribution is -0.110. The van der Waals surface area contributed by atoms with Crippen molar-refractivity contribution < 1.29 is 4.79 Å². The number of carbonyl (C=O) groups is 1. The molecular weight excluding hydrogens is 162 g/mol. The van der Waals surface area contributed by atoms with Crippen molar-refractivity contribution in [3.8, 4) is 0 Å². The summed E-state index contributed by atoms with van der Waals surface area (Å²) in [4.78, 5) is 10.3. The zero-order chi connectivity index (χ0) is 9.68. The van der Waals surface area contributed by atoms with E-state index in [2.05, 4.69) is 18.8 Å². The first-order chi connectivity index (χ1) is 6.31. The van der Waals surface area contributed by atoms with E-state index in [4.69, 9.17) is 0 Å². The standard InChI is InChI=1S/C11H19NO/c1-3-9-5-6-10(7-9)11(4-2)12-8-13/h4,8-11H,2-3,5-7H2,1H3,(H,12,13). The van der Waals surface area contributed by atoms with Crippen molar-refractivity contribution in [3.63, 3.8) is 0 Å². The summed E-state index contributed by atoms with van der Waals surface area (Å²) in [5, 5.41) is 2.82. The van der Waals surface area contributed by atoms with Gasteiger partial charge in [-0.25, -0.2) is 0 Å². The molecule has 2 heteroatoms. The number of hydrogen-bond acceptors (Lipinski definition) is 1. The van der Waals surface area contributed by atoms with E-state index in [1.54, 1.807) is 0 Å². The summed E-state index contributed by atoms with van der Waals surface area (Å²) in [6.07, 6.45) is 7.69. The van der Waals surface area contributed by atoms with Gasteiger partial charge in [0.25, 0.3) is 0 Å². The van der Waals surface area contributed by atoms with Crippen LogP contribution in [0.25, 0.3) is 0 Å². The molecule has 3 unspecified atom stereocenters. The van der Waals surface area contributed by atoms with Crippen LogP contribution in [0.2, 0.25) is 0 Å². The Morgan fingerprint density at radius 2 is 2.38 bits per heavy atom. The summed E-state index contributed by atoms with van der Waals surface area (Å²) in [7, 11) is 0. The third-order valence-corrected chi connectivity index (χ3v) is 3.18. The van der Waals surface area contributed by atoms with Gasteiger partial charge in [0.05, 0.1) is 0 Å². The molecule has 0 aliphatic heterocycles. The quantitative estimate of drug-likeness (QED) is 0.511. The van der Waals surface area contributed by atoms with Gasteiger partial charge >= 0.3 is 0 Å². The molecule has 74 valence electrons. The number of carbonyl (C=O) groups excluding carboxylic acids is 1. The smallest absolute Gasteiger partial charge is 0.207 e. The van der Waals surface area contributed by atoms with Crippen LogP contribution in [0.3, 0.4) is 0 Å². The third-order valence-electron chi connectivity index (χ3n) is 3.18. The molecule has 1 N–H and O–H groups in total. The average Bonchev–Trinajstić information content (AvgIpc) is 2.62. The fourth-order valence-electron chi connectivity index (χ4n) is 2.29. The fourth-order valence-corrected chi connectivity index (χ4v) is 2.29. The highest BCUT2D eigenvalue weighted by Gasteiger charge is 2.27. The molecule has 0 bridgehead atoms. The molecular formula is C11H19NO. The molecule has 0 heterocycles. The first-order valence-corrected chi connectivity index (χ1v) is 5.14. The molecule has 1 saturated carbocycles. The van der Waals surface area contributed by atoms with Crippen LogP contribution >= 0.6 is 0 Å². The lowest BCUT2D eigenvalue weighted by atomic mass is 9.96. The number of rotatable bonds is 5. The minimum absolute atomic E-state index is 0.189. The maximum absolute atomic E-state index is 10.3. The van der Waals surface area contributed by atoms with E-state index < -0.39 is 0 Å². The summed E-state index contributed by atoms with van der Waals surface area (Å²) >= 11 is 0. The fraction of sp³-hybridized carbons (Fsp3) is 0.727. The number of nitrogens with one attached hydrogen (secondary N) is 1. The molecule has 0 aromatic carbocycles. The molecule has 0 saturated heterocycles. The van der Waals surface area contributed by atoms with E-state index in [1.165, 1.54) is 25.7 Å². The van der Waals surface area contributed by atoms with Crippen LogP contribution in [0, 0.1) is 11.8 Å². The van der Waals surface area contributed by atoms with Crippen molar-refractivity contribution in [1.82, 2.24) is 5.32 Å². The Morgan fingerprint density at radius 1 is 1.62 bits per heavy atom. The Bertz CT molecular complexity index is 179. The van der Waals surface area contributed by atoms with Gasteiger partial charge in [-0.2, -0.15) is 0 Å². The Kier molecular flexibility index (Phi) is 4.00. The molecule has 1 rings (SSSR count). The summed E-state index contributed by atoms with van der Waals surface area (Å²) in [6, 6.07) is 0.189. The van der Waals surface area contributed by atoms with E-state index in [-0.39, 0.29) is 6.04 Å². The van der Waals surface area contributed by atoms with E-state index in [0.717, 1.165) is 12.3 Å². The normalized spacial score (nSPS) is 29.6. The molecule has 1 aliphatic carbocycles. The zero-order valence-electron chi connectivity index (χ0n) is 8.33. The molecule has 13 heavy (non-hydrogen) atoms. The van der Waals surface area contributed by atoms with Gasteiger partial charge < -0.3 is 5.32 Å².